The van der Waals surface area contributed by atoms with Crippen molar-refractivity contribution in [3.8, 4) is 0 Å². The highest BCUT2D eigenvalue weighted by Gasteiger charge is 2.00. The number of rotatable bonds is 2. The van der Waals surface area contributed by atoms with Crippen LogP contribution in [-0.4, -0.2) is 22.2 Å². The molecule has 0 rings (SSSR count). The Labute approximate surface area is 52.8 Å². The molecular weight excluding hydrogens is 124 g/mol. The van der Waals surface area contributed by atoms with Gasteiger partial charge in [0.1, 0.15) is 0 Å². The van der Waals surface area contributed by atoms with Crippen molar-refractivity contribution in [1.82, 2.24) is 0 Å². The second kappa shape index (κ2) is 2.86. The van der Waals surface area contributed by atoms with Crippen molar-refractivity contribution in [2.75, 3.05) is 0 Å². The van der Waals surface area contributed by atoms with Crippen LogP contribution in [-0.2, 0) is 9.59 Å². The first-order valence-electron chi connectivity index (χ1n) is 2.61. The quantitative estimate of drug-likeness (QED) is 0.521. The predicted octanol–water partition coefficient (Wildman–Crippen LogP) is 0.102. The molecule has 0 amide bonds. The number of hydrogen-bond donors (Lipinski definition) is 2. The Balaban J connectivity index is 4.67. The van der Waals surface area contributed by atoms with Gasteiger partial charge < -0.3 is 10.2 Å². The smallest absolute Gasteiger partial charge is 0.331 e. The van der Waals surface area contributed by atoms with Gasteiger partial charge in [0.05, 0.1) is 1.37 Å². The molecule has 0 atom stereocenters. The van der Waals surface area contributed by atoms with Crippen LogP contribution in [0.1, 0.15) is 8.29 Å². The number of carboxylic acids is 2. The molecular formula is C5H6O4. The van der Waals surface area contributed by atoms with E-state index in [4.69, 9.17) is 11.6 Å². The SMILES string of the molecule is [2H]/C(C(=O)O)=C(\C)C(=O)O. The summed E-state index contributed by atoms with van der Waals surface area (Å²) in [7, 11) is 0. The van der Waals surface area contributed by atoms with Gasteiger partial charge in [0.25, 0.3) is 0 Å². The zero-order valence-electron chi connectivity index (χ0n) is 5.71. The minimum atomic E-state index is -1.53. The molecule has 0 aromatic heterocycles. The predicted molar refractivity (Wildman–Crippen MR) is 29.0 cm³/mol. The molecule has 0 aliphatic heterocycles. The van der Waals surface area contributed by atoms with Gasteiger partial charge in [-0.15, -0.1) is 0 Å². The van der Waals surface area contributed by atoms with Crippen molar-refractivity contribution in [3.63, 3.8) is 0 Å². The molecule has 4 heteroatoms. The van der Waals surface area contributed by atoms with E-state index in [0.29, 0.717) is 0 Å². The van der Waals surface area contributed by atoms with E-state index in [1.165, 1.54) is 0 Å². The van der Waals surface area contributed by atoms with Gasteiger partial charge in [0, 0.05) is 11.6 Å². The molecule has 0 bridgehead atoms. The van der Waals surface area contributed by atoms with Crippen molar-refractivity contribution < 1.29 is 21.2 Å². The molecule has 0 aliphatic carbocycles. The molecule has 0 fully saturated rings. The lowest BCUT2D eigenvalue weighted by molar-refractivity contribution is -0.135. The molecule has 0 unspecified atom stereocenters. The third kappa shape index (κ3) is 3.28. The van der Waals surface area contributed by atoms with Gasteiger partial charge >= 0.3 is 11.9 Å². The van der Waals surface area contributed by atoms with Crippen LogP contribution in [0, 0.1) is 0 Å². The Hall–Kier alpha value is -1.32. The highest BCUT2D eigenvalue weighted by atomic mass is 16.4. The number of carboxylic acid groups (broad SMARTS) is 2. The maximum atomic E-state index is 10.0. The molecule has 0 aromatic rings. The molecule has 9 heavy (non-hydrogen) atoms. The monoisotopic (exact) mass is 131 g/mol. The van der Waals surface area contributed by atoms with Crippen molar-refractivity contribution in [1.29, 1.82) is 0 Å². The first-order chi connectivity index (χ1) is 4.46. The molecule has 50 valence electrons. The van der Waals surface area contributed by atoms with Gasteiger partial charge in [-0.2, -0.15) is 0 Å². The van der Waals surface area contributed by atoms with Gasteiger partial charge in [-0.05, 0) is 6.92 Å². The maximum Gasteiger partial charge on any atom is 0.331 e. The lowest BCUT2D eigenvalue weighted by atomic mass is 10.3. The lowest BCUT2D eigenvalue weighted by Gasteiger charge is -1.86. The molecule has 0 aliphatic rings. The zero-order chi connectivity index (χ0) is 8.31. The third-order valence-corrected chi connectivity index (χ3v) is 0.615. The van der Waals surface area contributed by atoms with Gasteiger partial charge in [0.2, 0.25) is 0 Å². The summed E-state index contributed by atoms with van der Waals surface area (Å²) in [6.45, 7) is 1.07. The second-order valence-corrected chi connectivity index (χ2v) is 1.36. The van der Waals surface area contributed by atoms with E-state index < -0.39 is 23.6 Å². The Bertz CT molecular complexity index is 184. The lowest BCUT2D eigenvalue weighted by Crippen LogP contribution is -1.99. The molecule has 0 heterocycles. The summed E-state index contributed by atoms with van der Waals surface area (Å²) in [5.74, 6) is -2.91. The van der Waals surface area contributed by atoms with E-state index in [0.717, 1.165) is 6.92 Å². The van der Waals surface area contributed by atoms with Crippen LogP contribution in [0.2, 0.25) is 0 Å². The summed E-state index contributed by atoms with van der Waals surface area (Å²) < 4.78 is 6.66. The fourth-order valence-corrected chi connectivity index (χ4v) is 0.214. The summed E-state index contributed by atoms with van der Waals surface area (Å²) in [6, 6.07) is -0.882. The van der Waals surface area contributed by atoms with Crippen LogP contribution in [0.25, 0.3) is 0 Å². The van der Waals surface area contributed by atoms with E-state index in [-0.39, 0.29) is 0 Å². The first kappa shape index (κ1) is 5.81. The Morgan fingerprint density at radius 3 is 2.11 bits per heavy atom. The molecule has 0 saturated carbocycles. The molecule has 2 N–H and O–H groups in total. The molecule has 0 saturated heterocycles. The highest BCUT2D eigenvalue weighted by molar-refractivity contribution is 5.93. The van der Waals surface area contributed by atoms with E-state index in [2.05, 4.69) is 0 Å². The molecule has 0 aromatic carbocycles. The Morgan fingerprint density at radius 2 is 2.00 bits per heavy atom. The van der Waals surface area contributed by atoms with Crippen LogP contribution in [0.3, 0.4) is 0 Å². The van der Waals surface area contributed by atoms with Crippen LogP contribution in [0.5, 0.6) is 0 Å². The van der Waals surface area contributed by atoms with E-state index in [9.17, 15) is 9.59 Å². The van der Waals surface area contributed by atoms with Gasteiger partial charge in [-0.25, -0.2) is 9.59 Å². The van der Waals surface area contributed by atoms with Crippen LogP contribution in [0.4, 0.5) is 0 Å². The summed E-state index contributed by atoms with van der Waals surface area (Å²) >= 11 is 0. The average molecular weight is 131 g/mol. The van der Waals surface area contributed by atoms with Crippen LogP contribution in [0.15, 0.2) is 11.6 Å². The van der Waals surface area contributed by atoms with E-state index in [1.807, 2.05) is 0 Å². The van der Waals surface area contributed by atoms with Crippen molar-refractivity contribution in [2.45, 2.75) is 6.92 Å². The van der Waals surface area contributed by atoms with Crippen molar-refractivity contribution >= 4 is 11.9 Å². The number of carbonyl (C=O) groups is 2. The summed E-state index contributed by atoms with van der Waals surface area (Å²) in [5.41, 5.74) is -0.465. The summed E-state index contributed by atoms with van der Waals surface area (Å²) in [4.78, 5) is 19.9. The topological polar surface area (TPSA) is 74.6 Å². The maximum absolute atomic E-state index is 10.0. The van der Waals surface area contributed by atoms with Gasteiger partial charge in [0.15, 0.2) is 0 Å². The minimum absolute atomic E-state index is 0.465. The first-order valence-corrected chi connectivity index (χ1v) is 2.11. The van der Waals surface area contributed by atoms with Crippen LogP contribution >= 0.6 is 0 Å². The Morgan fingerprint density at radius 1 is 1.56 bits per heavy atom. The van der Waals surface area contributed by atoms with Gasteiger partial charge in [-0.1, -0.05) is 0 Å². The number of hydrogen-bond acceptors (Lipinski definition) is 2. The molecule has 4 nitrogen and oxygen atoms in total. The molecule has 0 spiro atoms. The number of aliphatic carboxylic acids is 2. The Kier molecular flexibility index (Phi) is 1.85. The van der Waals surface area contributed by atoms with Crippen molar-refractivity contribution in [2.24, 2.45) is 0 Å². The standard InChI is InChI=1S/C5H6O4/c1-3(5(8)9)2-4(6)7/h2H,1H3,(H,6,7)(H,8,9)/b3-2-/i2D. The zero-order valence-corrected chi connectivity index (χ0v) is 4.71. The van der Waals surface area contributed by atoms with E-state index >= 15 is 0 Å². The third-order valence-electron chi connectivity index (χ3n) is 0.615. The normalized spacial score (nSPS) is 13.7. The van der Waals surface area contributed by atoms with Crippen molar-refractivity contribution in [3.05, 3.63) is 11.6 Å². The average Bonchev–Trinajstić information content (AvgIpc) is 1.84. The summed E-state index contributed by atoms with van der Waals surface area (Å²) in [6.07, 6.45) is 0. The summed E-state index contributed by atoms with van der Waals surface area (Å²) in [5, 5.41) is 16.3. The van der Waals surface area contributed by atoms with E-state index in [1.54, 1.807) is 0 Å². The fraction of sp³-hybridized carbons (Fsp3) is 0.200. The fourth-order valence-electron chi connectivity index (χ4n) is 0.214. The minimum Gasteiger partial charge on any atom is -0.478 e. The largest absolute Gasteiger partial charge is 0.478 e. The van der Waals surface area contributed by atoms with Gasteiger partial charge in [-0.3, -0.25) is 0 Å². The highest BCUT2D eigenvalue weighted by Crippen LogP contribution is 1.89. The molecule has 0 radical (unpaired) electrons. The second-order valence-electron chi connectivity index (χ2n) is 1.36. The van der Waals surface area contributed by atoms with Crippen LogP contribution < -0.4 is 0 Å².